The second-order valence-electron chi connectivity index (χ2n) is 2.66. The predicted molar refractivity (Wildman–Crippen MR) is 54.2 cm³/mol. The number of phenols is 1. The van der Waals surface area contributed by atoms with Gasteiger partial charge in [-0.1, -0.05) is 12.1 Å². The number of aliphatic imine (C=N–C) groups is 1. The van der Waals surface area contributed by atoms with Crippen LogP contribution in [0.5, 0.6) is 5.75 Å². The lowest BCUT2D eigenvalue weighted by atomic mass is 10.3. The van der Waals surface area contributed by atoms with Gasteiger partial charge in [0.1, 0.15) is 11.4 Å². The number of aromatic hydroxyl groups is 1. The van der Waals surface area contributed by atoms with Gasteiger partial charge in [-0.3, -0.25) is 4.99 Å². The molecule has 0 spiro atoms. The van der Waals surface area contributed by atoms with Crippen LogP contribution in [0.3, 0.4) is 0 Å². The second kappa shape index (κ2) is 4.30. The Hall–Kier alpha value is -1.77. The number of phenolic OH excluding ortho intramolecular Hbond substituents is 1. The lowest BCUT2D eigenvalue weighted by molar-refractivity contribution is 0.477. The van der Waals surface area contributed by atoms with Gasteiger partial charge in [-0.25, -0.2) is 0 Å². The molecule has 0 fully saturated rings. The van der Waals surface area contributed by atoms with Crippen LogP contribution in [-0.2, 0) is 0 Å². The van der Waals surface area contributed by atoms with Gasteiger partial charge in [0, 0.05) is 6.21 Å². The summed E-state index contributed by atoms with van der Waals surface area (Å²) in [6, 6.07) is 6.89. The third-order valence-electron chi connectivity index (χ3n) is 1.55. The first kappa shape index (κ1) is 9.32. The first-order valence-electron chi connectivity index (χ1n) is 3.94. The number of allylic oxidation sites excluding steroid dienone is 1. The summed E-state index contributed by atoms with van der Waals surface area (Å²) in [5.41, 5.74) is 6.65. The molecule has 0 aliphatic carbocycles. The van der Waals surface area contributed by atoms with E-state index in [4.69, 9.17) is 5.73 Å². The van der Waals surface area contributed by atoms with Crippen molar-refractivity contribution in [1.29, 1.82) is 0 Å². The van der Waals surface area contributed by atoms with Crippen molar-refractivity contribution >= 4 is 11.9 Å². The Morgan fingerprint density at radius 1 is 1.46 bits per heavy atom. The average Bonchev–Trinajstić information content (AvgIpc) is 2.16. The van der Waals surface area contributed by atoms with Gasteiger partial charge < -0.3 is 10.8 Å². The molecule has 1 rings (SSSR count). The maximum Gasteiger partial charge on any atom is 0.141 e. The second-order valence-corrected chi connectivity index (χ2v) is 2.66. The number of rotatable bonds is 2. The van der Waals surface area contributed by atoms with Crippen LogP contribution >= 0.6 is 0 Å². The number of hydrogen-bond acceptors (Lipinski definition) is 3. The molecule has 3 N–H and O–H groups in total. The molecule has 0 atom stereocenters. The van der Waals surface area contributed by atoms with E-state index in [9.17, 15) is 5.11 Å². The van der Waals surface area contributed by atoms with Crippen LogP contribution in [-0.4, -0.2) is 11.3 Å². The number of nitrogens with zero attached hydrogens (tertiary/aromatic N) is 1. The Morgan fingerprint density at radius 2 is 2.15 bits per heavy atom. The highest BCUT2D eigenvalue weighted by Gasteiger charge is 1.93. The van der Waals surface area contributed by atoms with E-state index in [1.54, 1.807) is 24.4 Å². The topological polar surface area (TPSA) is 58.6 Å². The lowest BCUT2D eigenvalue weighted by Gasteiger charge is -1.96. The zero-order valence-electron chi connectivity index (χ0n) is 7.44. The monoisotopic (exact) mass is 176 g/mol. The number of benzene rings is 1. The molecular formula is C10H12N2O. The van der Waals surface area contributed by atoms with Crippen LogP contribution in [0.4, 0.5) is 5.69 Å². The Morgan fingerprint density at radius 3 is 2.77 bits per heavy atom. The van der Waals surface area contributed by atoms with Gasteiger partial charge in [0.2, 0.25) is 0 Å². The number of para-hydroxylation sites is 2. The standard InChI is InChI=1S/C10H12N2O/c1-8(6-11)7-12-9-4-2-3-5-10(9)13/h2-7,13H,11H2,1H3. The summed E-state index contributed by atoms with van der Waals surface area (Å²) in [6.45, 7) is 1.84. The third kappa shape index (κ3) is 2.63. The molecule has 0 saturated heterocycles. The molecule has 0 heterocycles. The summed E-state index contributed by atoms with van der Waals surface area (Å²) in [4.78, 5) is 4.05. The number of hydrogen-bond donors (Lipinski definition) is 2. The minimum Gasteiger partial charge on any atom is -0.506 e. The van der Waals surface area contributed by atoms with Gasteiger partial charge in [-0.2, -0.15) is 0 Å². The van der Waals surface area contributed by atoms with E-state index in [-0.39, 0.29) is 5.75 Å². The van der Waals surface area contributed by atoms with E-state index in [0.717, 1.165) is 5.57 Å². The van der Waals surface area contributed by atoms with Gasteiger partial charge >= 0.3 is 0 Å². The minimum absolute atomic E-state index is 0.170. The van der Waals surface area contributed by atoms with Crippen molar-refractivity contribution in [1.82, 2.24) is 0 Å². The van der Waals surface area contributed by atoms with Crippen molar-refractivity contribution in [2.24, 2.45) is 10.7 Å². The fourth-order valence-corrected chi connectivity index (χ4v) is 0.788. The summed E-state index contributed by atoms with van der Waals surface area (Å²) in [7, 11) is 0. The van der Waals surface area contributed by atoms with Crippen LogP contribution in [0.25, 0.3) is 0 Å². The van der Waals surface area contributed by atoms with Gasteiger partial charge in [-0.05, 0) is 30.8 Å². The summed E-state index contributed by atoms with van der Waals surface area (Å²) in [5, 5.41) is 9.33. The molecule has 0 aliphatic rings. The molecule has 0 amide bonds. The highest BCUT2D eigenvalue weighted by atomic mass is 16.3. The molecule has 3 heteroatoms. The molecule has 0 bridgehead atoms. The third-order valence-corrected chi connectivity index (χ3v) is 1.55. The van der Waals surface area contributed by atoms with E-state index in [1.165, 1.54) is 6.20 Å². The fraction of sp³-hybridized carbons (Fsp3) is 0.100. The van der Waals surface area contributed by atoms with E-state index in [2.05, 4.69) is 4.99 Å². The van der Waals surface area contributed by atoms with Crippen molar-refractivity contribution in [2.75, 3.05) is 0 Å². The highest BCUT2D eigenvalue weighted by molar-refractivity contribution is 5.80. The largest absolute Gasteiger partial charge is 0.506 e. The molecule has 13 heavy (non-hydrogen) atoms. The summed E-state index contributed by atoms with van der Waals surface area (Å²) >= 11 is 0. The van der Waals surface area contributed by atoms with Crippen LogP contribution in [0, 0.1) is 0 Å². The summed E-state index contributed by atoms with van der Waals surface area (Å²) in [6.07, 6.45) is 3.07. The van der Waals surface area contributed by atoms with Crippen LogP contribution in [0.1, 0.15) is 6.92 Å². The van der Waals surface area contributed by atoms with Crippen LogP contribution in [0.15, 0.2) is 41.0 Å². The molecule has 0 unspecified atom stereocenters. The van der Waals surface area contributed by atoms with Gasteiger partial charge in [0.05, 0.1) is 0 Å². The lowest BCUT2D eigenvalue weighted by Crippen LogP contribution is -1.84. The van der Waals surface area contributed by atoms with Crippen molar-refractivity contribution < 1.29 is 5.11 Å². The Kier molecular flexibility index (Phi) is 3.09. The van der Waals surface area contributed by atoms with Crippen LogP contribution in [0.2, 0.25) is 0 Å². The molecule has 68 valence electrons. The Balaban J connectivity index is 2.86. The Labute approximate surface area is 77.2 Å². The van der Waals surface area contributed by atoms with Crippen molar-refractivity contribution in [3.05, 3.63) is 36.0 Å². The maximum absolute atomic E-state index is 9.33. The van der Waals surface area contributed by atoms with E-state index in [1.807, 2.05) is 13.0 Å². The van der Waals surface area contributed by atoms with Gasteiger partial charge in [0.15, 0.2) is 0 Å². The predicted octanol–water partition coefficient (Wildman–Crippen LogP) is 1.96. The Bertz CT molecular complexity index is 343. The SMILES string of the molecule is CC(C=Nc1ccccc1O)=CN. The quantitative estimate of drug-likeness (QED) is 0.677. The molecule has 1 aromatic carbocycles. The zero-order chi connectivity index (χ0) is 9.68. The number of nitrogens with two attached hydrogens (primary N) is 1. The molecular weight excluding hydrogens is 164 g/mol. The van der Waals surface area contributed by atoms with Crippen molar-refractivity contribution in [3.63, 3.8) is 0 Å². The van der Waals surface area contributed by atoms with Crippen molar-refractivity contribution in [2.45, 2.75) is 6.92 Å². The zero-order valence-corrected chi connectivity index (χ0v) is 7.44. The van der Waals surface area contributed by atoms with E-state index < -0.39 is 0 Å². The average molecular weight is 176 g/mol. The van der Waals surface area contributed by atoms with Gasteiger partial charge in [0.25, 0.3) is 0 Å². The molecule has 0 saturated carbocycles. The normalized spacial score (nSPS) is 12.2. The van der Waals surface area contributed by atoms with E-state index in [0.29, 0.717) is 5.69 Å². The van der Waals surface area contributed by atoms with Crippen molar-refractivity contribution in [3.8, 4) is 5.75 Å². The highest BCUT2D eigenvalue weighted by Crippen LogP contribution is 2.24. The maximum atomic E-state index is 9.33. The summed E-state index contributed by atoms with van der Waals surface area (Å²) in [5.74, 6) is 0.170. The molecule has 0 aliphatic heterocycles. The molecule has 3 nitrogen and oxygen atoms in total. The summed E-state index contributed by atoms with van der Waals surface area (Å²) < 4.78 is 0. The van der Waals surface area contributed by atoms with Crippen LogP contribution < -0.4 is 5.73 Å². The first-order chi connectivity index (χ1) is 6.24. The minimum atomic E-state index is 0.170. The molecule has 0 radical (unpaired) electrons. The molecule has 1 aromatic rings. The van der Waals surface area contributed by atoms with E-state index >= 15 is 0 Å². The molecule has 0 aromatic heterocycles. The van der Waals surface area contributed by atoms with Gasteiger partial charge in [-0.15, -0.1) is 0 Å². The smallest absolute Gasteiger partial charge is 0.141 e. The first-order valence-corrected chi connectivity index (χ1v) is 3.94. The fourth-order valence-electron chi connectivity index (χ4n) is 0.788.